The van der Waals surface area contributed by atoms with Crippen LogP contribution in [-0.4, -0.2) is 16.5 Å². The molecule has 0 fully saturated rings. The van der Waals surface area contributed by atoms with Crippen LogP contribution in [0.5, 0.6) is 0 Å². The number of aromatic nitrogens is 2. The minimum absolute atomic E-state index is 0.397. The zero-order valence-corrected chi connectivity index (χ0v) is 9.55. The molecule has 0 aromatic carbocycles. The SMILES string of the molecule is CCC(CN)c1csc(-c2cc[nH]c2)n1. The summed E-state index contributed by atoms with van der Waals surface area (Å²) in [7, 11) is 0. The van der Waals surface area contributed by atoms with Crippen molar-refractivity contribution in [3.05, 3.63) is 29.5 Å². The van der Waals surface area contributed by atoms with Crippen LogP contribution in [0.3, 0.4) is 0 Å². The van der Waals surface area contributed by atoms with E-state index in [-0.39, 0.29) is 0 Å². The summed E-state index contributed by atoms with van der Waals surface area (Å²) in [6.07, 6.45) is 4.93. The van der Waals surface area contributed by atoms with E-state index in [4.69, 9.17) is 5.73 Å². The molecule has 4 heteroatoms. The van der Waals surface area contributed by atoms with Gasteiger partial charge in [0.2, 0.25) is 0 Å². The van der Waals surface area contributed by atoms with Crippen molar-refractivity contribution in [1.82, 2.24) is 9.97 Å². The van der Waals surface area contributed by atoms with E-state index in [0.717, 1.165) is 22.7 Å². The third kappa shape index (κ3) is 2.11. The van der Waals surface area contributed by atoms with E-state index in [0.29, 0.717) is 12.5 Å². The Morgan fingerprint density at radius 1 is 1.60 bits per heavy atom. The van der Waals surface area contributed by atoms with E-state index >= 15 is 0 Å². The van der Waals surface area contributed by atoms with Gasteiger partial charge in [0.05, 0.1) is 5.69 Å². The van der Waals surface area contributed by atoms with E-state index in [1.807, 2.05) is 18.5 Å². The smallest absolute Gasteiger partial charge is 0.125 e. The number of aromatic amines is 1. The summed E-state index contributed by atoms with van der Waals surface area (Å²) in [5.41, 5.74) is 7.98. The van der Waals surface area contributed by atoms with Crippen LogP contribution < -0.4 is 5.73 Å². The number of rotatable bonds is 4. The highest BCUT2D eigenvalue weighted by molar-refractivity contribution is 7.13. The molecule has 0 bridgehead atoms. The van der Waals surface area contributed by atoms with E-state index < -0.39 is 0 Å². The third-order valence-electron chi connectivity index (χ3n) is 2.56. The Kier molecular flexibility index (Phi) is 3.18. The molecule has 15 heavy (non-hydrogen) atoms. The van der Waals surface area contributed by atoms with Crippen molar-refractivity contribution >= 4 is 11.3 Å². The minimum Gasteiger partial charge on any atom is -0.367 e. The zero-order chi connectivity index (χ0) is 10.7. The molecule has 0 spiro atoms. The van der Waals surface area contributed by atoms with Crippen LogP contribution in [0.4, 0.5) is 0 Å². The van der Waals surface area contributed by atoms with Crippen LogP contribution in [0.1, 0.15) is 25.0 Å². The average Bonchev–Trinajstić information content (AvgIpc) is 2.89. The molecule has 0 aliphatic carbocycles. The predicted molar refractivity (Wildman–Crippen MR) is 64.0 cm³/mol. The Morgan fingerprint density at radius 3 is 3.07 bits per heavy atom. The first-order valence-electron chi connectivity index (χ1n) is 5.13. The van der Waals surface area contributed by atoms with Gasteiger partial charge in [0, 0.05) is 35.8 Å². The summed E-state index contributed by atoms with van der Waals surface area (Å²) >= 11 is 1.68. The van der Waals surface area contributed by atoms with Crippen molar-refractivity contribution in [2.45, 2.75) is 19.3 Å². The molecule has 2 aromatic heterocycles. The average molecular weight is 221 g/mol. The molecule has 0 amide bonds. The van der Waals surface area contributed by atoms with E-state index in [2.05, 4.69) is 22.3 Å². The molecule has 0 aliphatic heterocycles. The highest BCUT2D eigenvalue weighted by Crippen LogP contribution is 2.27. The highest BCUT2D eigenvalue weighted by atomic mass is 32.1. The molecule has 0 saturated carbocycles. The fraction of sp³-hybridized carbons (Fsp3) is 0.364. The summed E-state index contributed by atoms with van der Waals surface area (Å²) in [5.74, 6) is 0.397. The molecule has 80 valence electrons. The van der Waals surface area contributed by atoms with Crippen LogP contribution in [0.25, 0.3) is 10.6 Å². The second-order valence-corrected chi connectivity index (χ2v) is 4.38. The fourth-order valence-corrected chi connectivity index (χ4v) is 2.46. The number of thiazole rings is 1. The lowest BCUT2D eigenvalue weighted by atomic mass is 10.0. The maximum absolute atomic E-state index is 5.70. The fourth-order valence-electron chi connectivity index (χ4n) is 1.56. The quantitative estimate of drug-likeness (QED) is 0.833. The van der Waals surface area contributed by atoms with Gasteiger partial charge < -0.3 is 10.7 Å². The lowest BCUT2D eigenvalue weighted by Crippen LogP contribution is -2.11. The summed E-state index contributed by atoms with van der Waals surface area (Å²) in [6.45, 7) is 2.82. The topological polar surface area (TPSA) is 54.7 Å². The summed E-state index contributed by atoms with van der Waals surface area (Å²) in [6, 6.07) is 2.03. The highest BCUT2D eigenvalue weighted by Gasteiger charge is 2.12. The molecular formula is C11H15N3S. The predicted octanol–water partition coefficient (Wildman–Crippen LogP) is 2.59. The Morgan fingerprint density at radius 2 is 2.47 bits per heavy atom. The normalized spacial score (nSPS) is 12.9. The molecule has 1 atom stereocenters. The molecule has 0 radical (unpaired) electrons. The Balaban J connectivity index is 2.24. The maximum Gasteiger partial charge on any atom is 0.125 e. The van der Waals surface area contributed by atoms with E-state index in [1.165, 1.54) is 0 Å². The number of hydrogen-bond donors (Lipinski definition) is 2. The van der Waals surface area contributed by atoms with Gasteiger partial charge in [-0.2, -0.15) is 0 Å². The summed E-state index contributed by atoms with van der Waals surface area (Å²) in [4.78, 5) is 7.65. The monoisotopic (exact) mass is 221 g/mol. The molecule has 0 saturated heterocycles. The first-order valence-corrected chi connectivity index (χ1v) is 6.01. The van der Waals surface area contributed by atoms with E-state index in [9.17, 15) is 0 Å². The molecule has 2 heterocycles. The Bertz CT molecular complexity index is 401. The Labute approximate surface area is 93.4 Å². The number of nitrogens with two attached hydrogens (primary N) is 1. The van der Waals surface area contributed by atoms with Gasteiger partial charge in [-0.25, -0.2) is 4.98 Å². The third-order valence-corrected chi connectivity index (χ3v) is 3.47. The molecule has 0 aliphatic rings. The molecular weight excluding hydrogens is 206 g/mol. The van der Waals surface area contributed by atoms with E-state index in [1.54, 1.807) is 11.3 Å². The molecule has 3 N–H and O–H groups in total. The summed E-state index contributed by atoms with van der Waals surface area (Å²) in [5, 5.41) is 3.18. The lowest BCUT2D eigenvalue weighted by Gasteiger charge is -2.07. The van der Waals surface area contributed by atoms with Crippen molar-refractivity contribution in [3.8, 4) is 10.6 Å². The van der Waals surface area contributed by atoms with Gasteiger partial charge in [-0.1, -0.05) is 6.92 Å². The van der Waals surface area contributed by atoms with Gasteiger partial charge in [0.15, 0.2) is 0 Å². The standard InChI is InChI=1S/C11H15N3S/c1-2-8(5-12)10-7-15-11(14-10)9-3-4-13-6-9/h3-4,6-8,13H,2,5,12H2,1H3. The van der Waals surface area contributed by atoms with Crippen LogP contribution >= 0.6 is 11.3 Å². The van der Waals surface area contributed by atoms with Crippen molar-refractivity contribution in [3.63, 3.8) is 0 Å². The second kappa shape index (κ2) is 4.59. The first kappa shape index (κ1) is 10.4. The van der Waals surface area contributed by atoms with Crippen LogP contribution in [-0.2, 0) is 0 Å². The number of nitrogens with one attached hydrogen (secondary N) is 1. The zero-order valence-electron chi connectivity index (χ0n) is 8.73. The molecule has 1 unspecified atom stereocenters. The number of H-pyrrole nitrogens is 1. The van der Waals surface area contributed by atoms with Crippen molar-refractivity contribution in [1.29, 1.82) is 0 Å². The van der Waals surface area contributed by atoms with Crippen LogP contribution in [0.2, 0.25) is 0 Å². The van der Waals surface area contributed by atoms with Gasteiger partial charge in [-0.3, -0.25) is 0 Å². The van der Waals surface area contributed by atoms with Gasteiger partial charge >= 0.3 is 0 Å². The summed E-state index contributed by atoms with van der Waals surface area (Å²) < 4.78 is 0. The number of hydrogen-bond acceptors (Lipinski definition) is 3. The largest absolute Gasteiger partial charge is 0.367 e. The maximum atomic E-state index is 5.70. The van der Waals surface area contributed by atoms with Crippen molar-refractivity contribution < 1.29 is 0 Å². The van der Waals surface area contributed by atoms with Crippen molar-refractivity contribution in [2.24, 2.45) is 5.73 Å². The van der Waals surface area contributed by atoms with Gasteiger partial charge in [0.25, 0.3) is 0 Å². The molecule has 3 nitrogen and oxygen atoms in total. The number of nitrogens with zero attached hydrogens (tertiary/aromatic N) is 1. The second-order valence-electron chi connectivity index (χ2n) is 3.52. The Hall–Kier alpha value is -1.13. The van der Waals surface area contributed by atoms with Gasteiger partial charge in [-0.05, 0) is 12.5 Å². The minimum atomic E-state index is 0.397. The lowest BCUT2D eigenvalue weighted by molar-refractivity contribution is 0.659. The first-order chi connectivity index (χ1) is 7.35. The molecule has 2 aromatic rings. The van der Waals surface area contributed by atoms with Gasteiger partial charge in [0.1, 0.15) is 5.01 Å². The van der Waals surface area contributed by atoms with Gasteiger partial charge in [-0.15, -0.1) is 11.3 Å². The van der Waals surface area contributed by atoms with Crippen molar-refractivity contribution in [2.75, 3.05) is 6.54 Å². The molecule has 2 rings (SSSR count). The van der Waals surface area contributed by atoms with Crippen LogP contribution in [0, 0.1) is 0 Å². The van der Waals surface area contributed by atoms with Crippen LogP contribution in [0.15, 0.2) is 23.8 Å².